The van der Waals surface area contributed by atoms with Gasteiger partial charge in [0.25, 0.3) is 0 Å². The summed E-state index contributed by atoms with van der Waals surface area (Å²) in [4.78, 5) is 16.4. The summed E-state index contributed by atoms with van der Waals surface area (Å²) in [5, 5.41) is 12.3. The van der Waals surface area contributed by atoms with Crippen LogP contribution in [0.3, 0.4) is 0 Å². The van der Waals surface area contributed by atoms with Crippen molar-refractivity contribution in [3.8, 4) is 0 Å². The predicted octanol–water partition coefficient (Wildman–Crippen LogP) is 2.42. The molecule has 4 nitrogen and oxygen atoms in total. The number of thioether (sulfide) groups is 1. The summed E-state index contributed by atoms with van der Waals surface area (Å²) in [7, 11) is 0. The van der Waals surface area contributed by atoms with E-state index in [0.717, 1.165) is 33.8 Å². The van der Waals surface area contributed by atoms with E-state index >= 15 is 0 Å². The van der Waals surface area contributed by atoms with Crippen molar-refractivity contribution in [1.29, 1.82) is 0 Å². The van der Waals surface area contributed by atoms with Gasteiger partial charge in [0.1, 0.15) is 0 Å². The van der Waals surface area contributed by atoms with Crippen molar-refractivity contribution in [2.75, 3.05) is 12.4 Å². The summed E-state index contributed by atoms with van der Waals surface area (Å²) in [6.45, 7) is 0.0323. The average molecular weight is 308 g/mol. The molecule has 2 N–H and O–H groups in total. The van der Waals surface area contributed by atoms with Crippen molar-refractivity contribution in [1.82, 2.24) is 10.3 Å². The van der Waals surface area contributed by atoms with Crippen molar-refractivity contribution in [2.45, 2.75) is 29.1 Å². The van der Waals surface area contributed by atoms with Crippen LogP contribution >= 0.6 is 23.1 Å². The number of thiazole rings is 1. The minimum Gasteiger partial charge on any atom is -0.394 e. The second kappa shape index (κ2) is 5.71. The molecule has 0 aliphatic heterocycles. The molecule has 0 radical (unpaired) electrons. The monoisotopic (exact) mass is 308 g/mol. The van der Waals surface area contributed by atoms with Gasteiger partial charge in [-0.15, -0.1) is 11.3 Å². The van der Waals surface area contributed by atoms with E-state index in [1.54, 1.807) is 11.3 Å². The first-order valence-corrected chi connectivity index (χ1v) is 8.41. The van der Waals surface area contributed by atoms with Crippen LogP contribution in [0.4, 0.5) is 0 Å². The molecule has 0 unspecified atom stereocenters. The predicted molar refractivity (Wildman–Crippen MR) is 82.2 cm³/mol. The minimum absolute atomic E-state index is 0.0250. The van der Waals surface area contributed by atoms with E-state index in [1.807, 2.05) is 24.3 Å². The number of aliphatic hydroxyl groups is 1. The number of carbonyl (C=O) groups is 1. The maximum absolute atomic E-state index is 11.9. The molecule has 0 bridgehead atoms. The number of carbonyl (C=O) groups excluding carboxylic acids is 1. The van der Waals surface area contributed by atoms with Crippen molar-refractivity contribution in [3.05, 3.63) is 24.3 Å². The molecule has 6 heteroatoms. The number of hydrogen-bond donors (Lipinski definition) is 2. The Bertz CT molecular complexity index is 584. The highest BCUT2D eigenvalue weighted by atomic mass is 32.2. The Morgan fingerprint density at radius 1 is 1.45 bits per heavy atom. The number of aliphatic hydroxyl groups excluding tert-OH is 1. The highest BCUT2D eigenvalue weighted by molar-refractivity contribution is 8.01. The van der Waals surface area contributed by atoms with Gasteiger partial charge in [-0.3, -0.25) is 4.79 Å². The lowest BCUT2D eigenvalue weighted by atomic mass is 9.77. The van der Waals surface area contributed by atoms with Crippen LogP contribution in [0.2, 0.25) is 0 Å². The lowest BCUT2D eigenvalue weighted by Crippen LogP contribution is -2.56. The third-order valence-electron chi connectivity index (χ3n) is 3.62. The summed E-state index contributed by atoms with van der Waals surface area (Å²) >= 11 is 3.06. The zero-order chi connectivity index (χ0) is 14.0. The van der Waals surface area contributed by atoms with Gasteiger partial charge in [0.2, 0.25) is 5.91 Å². The highest BCUT2D eigenvalue weighted by Crippen LogP contribution is 2.32. The molecule has 1 aromatic heterocycles. The van der Waals surface area contributed by atoms with Crippen LogP contribution in [0.15, 0.2) is 28.6 Å². The molecule has 1 aromatic carbocycles. The number of nitrogens with zero attached hydrogens (tertiary/aromatic N) is 1. The van der Waals surface area contributed by atoms with Gasteiger partial charge in [0, 0.05) is 0 Å². The van der Waals surface area contributed by atoms with Crippen LogP contribution in [-0.4, -0.2) is 33.9 Å². The molecule has 1 aliphatic rings. The Morgan fingerprint density at radius 2 is 2.25 bits per heavy atom. The zero-order valence-corrected chi connectivity index (χ0v) is 12.6. The molecule has 106 valence electrons. The number of amides is 1. The molecule has 0 spiro atoms. The summed E-state index contributed by atoms with van der Waals surface area (Å²) in [5.41, 5.74) is 0.622. The van der Waals surface area contributed by atoms with E-state index in [4.69, 9.17) is 0 Å². The normalized spacial score (nSPS) is 16.9. The number of rotatable bonds is 5. The van der Waals surface area contributed by atoms with Gasteiger partial charge in [-0.2, -0.15) is 0 Å². The van der Waals surface area contributed by atoms with E-state index in [9.17, 15) is 9.90 Å². The fourth-order valence-electron chi connectivity index (χ4n) is 2.30. The van der Waals surface area contributed by atoms with E-state index in [-0.39, 0.29) is 18.1 Å². The third kappa shape index (κ3) is 2.82. The smallest absolute Gasteiger partial charge is 0.230 e. The van der Waals surface area contributed by atoms with Crippen molar-refractivity contribution >= 4 is 39.2 Å². The molecule has 1 heterocycles. The number of nitrogens with one attached hydrogen (secondary N) is 1. The SMILES string of the molecule is O=C(CSc1nc2ccccc2s1)NC1(CO)CCC1. The Kier molecular flexibility index (Phi) is 3.96. The second-order valence-electron chi connectivity index (χ2n) is 5.08. The quantitative estimate of drug-likeness (QED) is 0.833. The second-order valence-corrected chi connectivity index (χ2v) is 7.33. The van der Waals surface area contributed by atoms with Crippen LogP contribution in [0.5, 0.6) is 0 Å². The Labute approximate surface area is 125 Å². The average Bonchev–Trinajstić information content (AvgIpc) is 2.83. The number of para-hydroxylation sites is 1. The summed E-state index contributed by atoms with van der Waals surface area (Å²) in [6.07, 6.45) is 2.83. The summed E-state index contributed by atoms with van der Waals surface area (Å²) in [5.74, 6) is 0.324. The van der Waals surface area contributed by atoms with Gasteiger partial charge in [-0.25, -0.2) is 4.98 Å². The number of fused-ring (bicyclic) bond motifs is 1. The van der Waals surface area contributed by atoms with Crippen molar-refractivity contribution in [3.63, 3.8) is 0 Å². The van der Waals surface area contributed by atoms with Gasteiger partial charge in [-0.05, 0) is 31.4 Å². The van der Waals surface area contributed by atoms with E-state index < -0.39 is 0 Å². The van der Waals surface area contributed by atoms with Gasteiger partial charge in [0.15, 0.2) is 4.34 Å². The van der Waals surface area contributed by atoms with Crippen LogP contribution in [0, 0.1) is 0 Å². The first-order chi connectivity index (χ1) is 9.71. The Hall–Kier alpha value is -1.11. The third-order valence-corrected chi connectivity index (χ3v) is 5.80. The topological polar surface area (TPSA) is 62.2 Å². The lowest BCUT2D eigenvalue weighted by Gasteiger charge is -2.40. The molecular weight excluding hydrogens is 292 g/mol. The molecule has 1 saturated carbocycles. The van der Waals surface area contributed by atoms with Gasteiger partial charge in [-0.1, -0.05) is 23.9 Å². The largest absolute Gasteiger partial charge is 0.394 e. The number of hydrogen-bond acceptors (Lipinski definition) is 5. The fraction of sp³-hybridized carbons (Fsp3) is 0.429. The Morgan fingerprint density at radius 3 is 2.90 bits per heavy atom. The molecule has 0 atom stereocenters. The van der Waals surface area contributed by atoms with Gasteiger partial charge in [0.05, 0.1) is 28.1 Å². The molecule has 1 fully saturated rings. The van der Waals surface area contributed by atoms with Gasteiger partial charge < -0.3 is 10.4 Å². The molecule has 1 aliphatic carbocycles. The number of benzene rings is 1. The highest BCUT2D eigenvalue weighted by Gasteiger charge is 2.37. The van der Waals surface area contributed by atoms with E-state index in [0.29, 0.717) is 5.75 Å². The first-order valence-electron chi connectivity index (χ1n) is 6.61. The molecule has 20 heavy (non-hydrogen) atoms. The van der Waals surface area contributed by atoms with Crippen LogP contribution in [0.1, 0.15) is 19.3 Å². The van der Waals surface area contributed by atoms with Crippen molar-refractivity contribution in [2.24, 2.45) is 0 Å². The minimum atomic E-state index is -0.356. The number of aromatic nitrogens is 1. The molecular formula is C14H16N2O2S2. The standard InChI is InChI=1S/C14H16N2O2S2/c17-9-14(6-3-7-14)16-12(18)8-19-13-15-10-4-1-2-5-11(10)20-13/h1-2,4-5,17H,3,6-9H2,(H,16,18). The van der Waals surface area contributed by atoms with Gasteiger partial charge >= 0.3 is 0 Å². The molecule has 1 amide bonds. The maximum atomic E-state index is 11.9. The molecule has 2 aromatic rings. The lowest BCUT2D eigenvalue weighted by molar-refractivity contribution is -0.122. The summed E-state index contributed by atoms with van der Waals surface area (Å²) < 4.78 is 2.05. The van der Waals surface area contributed by atoms with Crippen LogP contribution < -0.4 is 5.32 Å². The fourth-order valence-corrected chi connectivity index (χ4v) is 4.17. The molecule has 0 saturated heterocycles. The van der Waals surface area contributed by atoms with Crippen LogP contribution in [0.25, 0.3) is 10.2 Å². The van der Waals surface area contributed by atoms with Crippen molar-refractivity contribution < 1.29 is 9.90 Å². The maximum Gasteiger partial charge on any atom is 0.230 e. The van der Waals surface area contributed by atoms with E-state index in [1.165, 1.54) is 11.8 Å². The van der Waals surface area contributed by atoms with Crippen LogP contribution in [-0.2, 0) is 4.79 Å². The first kappa shape index (κ1) is 13.9. The Balaban J connectivity index is 1.57. The molecule has 3 rings (SSSR count). The van der Waals surface area contributed by atoms with E-state index in [2.05, 4.69) is 10.3 Å². The zero-order valence-electron chi connectivity index (χ0n) is 11.0. The summed E-state index contributed by atoms with van der Waals surface area (Å²) in [6, 6.07) is 7.96.